The third-order valence-electron chi connectivity index (χ3n) is 2.40. The fraction of sp³-hybridized carbons (Fsp3) is 0.182. The Morgan fingerprint density at radius 3 is 2.41 bits per heavy atom. The van der Waals surface area contributed by atoms with Crippen LogP contribution in [0, 0.1) is 24.4 Å². The van der Waals surface area contributed by atoms with E-state index in [0.29, 0.717) is 6.54 Å². The molecule has 0 aliphatic carbocycles. The van der Waals surface area contributed by atoms with Crippen LogP contribution in [0.4, 0.5) is 18.9 Å². The van der Waals surface area contributed by atoms with Crippen LogP contribution in [0.5, 0.6) is 0 Å². The summed E-state index contributed by atoms with van der Waals surface area (Å²) in [6, 6.07) is 1.82. The number of benzene rings is 1. The number of hydrogen-bond acceptors (Lipinski definition) is 2. The molecule has 0 saturated carbocycles. The zero-order valence-corrected chi connectivity index (χ0v) is 9.02. The van der Waals surface area contributed by atoms with Gasteiger partial charge < -0.3 is 5.32 Å². The number of nitrogens with one attached hydrogen (secondary N) is 2. The maximum atomic E-state index is 12.9. The molecule has 0 spiro atoms. The van der Waals surface area contributed by atoms with E-state index in [9.17, 15) is 13.2 Å². The molecule has 0 fully saturated rings. The molecule has 1 aromatic heterocycles. The Morgan fingerprint density at radius 1 is 1.24 bits per heavy atom. The van der Waals surface area contributed by atoms with E-state index in [1.54, 1.807) is 6.20 Å². The van der Waals surface area contributed by atoms with Crippen molar-refractivity contribution >= 4 is 5.69 Å². The molecule has 0 atom stereocenters. The molecule has 3 nitrogen and oxygen atoms in total. The van der Waals surface area contributed by atoms with E-state index in [1.807, 2.05) is 6.92 Å². The van der Waals surface area contributed by atoms with Gasteiger partial charge in [-0.3, -0.25) is 5.10 Å². The van der Waals surface area contributed by atoms with Crippen molar-refractivity contribution in [2.24, 2.45) is 0 Å². The maximum absolute atomic E-state index is 12.9. The molecular formula is C11H10F3N3. The molecule has 0 aliphatic rings. The van der Waals surface area contributed by atoms with E-state index in [2.05, 4.69) is 15.5 Å². The van der Waals surface area contributed by atoms with E-state index in [1.165, 1.54) is 0 Å². The van der Waals surface area contributed by atoms with Crippen molar-refractivity contribution in [3.8, 4) is 0 Å². The molecule has 1 heterocycles. The first-order valence-corrected chi connectivity index (χ1v) is 4.95. The van der Waals surface area contributed by atoms with Crippen LogP contribution >= 0.6 is 0 Å². The van der Waals surface area contributed by atoms with E-state index >= 15 is 0 Å². The lowest BCUT2D eigenvalue weighted by molar-refractivity contribution is 0.447. The van der Waals surface area contributed by atoms with Gasteiger partial charge in [0.2, 0.25) is 0 Å². The van der Waals surface area contributed by atoms with E-state index in [4.69, 9.17) is 0 Å². The summed E-state index contributed by atoms with van der Waals surface area (Å²) in [6.07, 6.45) is 1.61. The molecule has 0 saturated heterocycles. The van der Waals surface area contributed by atoms with Crippen molar-refractivity contribution in [2.45, 2.75) is 13.5 Å². The highest BCUT2D eigenvalue weighted by atomic mass is 19.2. The average Bonchev–Trinajstić information content (AvgIpc) is 2.69. The molecule has 1 aromatic carbocycles. The standard InChI is InChI=1S/C11H10F3N3/c1-6-7(5-16-17-6)4-15-8-2-9(12)11(14)10(13)3-8/h2-3,5,15H,4H2,1H3,(H,16,17). The van der Waals surface area contributed by atoms with Crippen LogP contribution in [0.2, 0.25) is 0 Å². The van der Waals surface area contributed by atoms with Gasteiger partial charge in [0, 0.05) is 35.6 Å². The SMILES string of the molecule is Cc1[nH]ncc1CNc1cc(F)c(F)c(F)c1. The van der Waals surface area contributed by atoms with Crippen LogP contribution in [0.15, 0.2) is 18.3 Å². The van der Waals surface area contributed by atoms with Gasteiger partial charge in [-0.2, -0.15) is 5.10 Å². The molecule has 6 heteroatoms. The monoisotopic (exact) mass is 241 g/mol. The average molecular weight is 241 g/mol. The summed E-state index contributed by atoms with van der Waals surface area (Å²) < 4.78 is 38.5. The quantitative estimate of drug-likeness (QED) is 0.811. The Balaban J connectivity index is 2.12. The van der Waals surface area contributed by atoms with Crippen molar-refractivity contribution in [3.63, 3.8) is 0 Å². The maximum Gasteiger partial charge on any atom is 0.194 e. The lowest BCUT2D eigenvalue weighted by atomic mass is 10.2. The fourth-order valence-electron chi connectivity index (χ4n) is 1.41. The Bertz CT molecular complexity index is 514. The molecule has 0 aliphatic heterocycles. The molecule has 2 aromatic rings. The lowest BCUT2D eigenvalue weighted by Crippen LogP contribution is -2.02. The van der Waals surface area contributed by atoms with Crippen molar-refractivity contribution in [1.29, 1.82) is 0 Å². The minimum atomic E-state index is -1.46. The third kappa shape index (κ3) is 2.41. The molecule has 2 N–H and O–H groups in total. The van der Waals surface area contributed by atoms with Crippen LogP contribution in [0.25, 0.3) is 0 Å². The molecule has 90 valence electrons. The number of rotatable bonds is 3. The minimum absolute atomic E-state index is 0.182. The van der Waals surface area contributed by atoms with Gasteiger partial charge in [0.05, 0.1) is 6.20 Å². The van der Waals surface area contributed by atoms with Gasteiger partial charge in [0.1, 0.15) is 0 Å². The number of hydrogen-bond donors (Lipinski definition) is 2. The summed E-state index contributed by atoms with van der Waals surface area (Å²) in [4.78, 5) is 0. The molecule has 0 bridgehead atoms. The van der Waals surface area contributed by atoms with Gasteiger partial charge in [-0.15, -0.1) is 0 Å². The molecule has 0 unspecified atom stereocenters. The zero-order valence-electron chi connectivity index (χ0n) is 9.02. The smallest absolute Gasteiger partial charge is 0.194 e. The normalized spacial score (nSPS) is 10.6. The number of aryl methyl sites for hydroxylation is 1. The fourth-order valence-corrected chi connectivity index (χ4v) is 1.41. The molecule has 2 rings (SSSR count). The Labute approximate surface area is 95.7 Å². The number of halogens is 3. The van der Waals surface area contributed by atoms with Crippen molar-refractivity contribution in [2.75, 3.05) is 5.32 Å². The minimum Gasteiger partial charge on any atom is -0.381 e. The van der Waals surface area contributed by atoms with Gasteiger partial charge in [0.25, 0.3) is 0 Å². The third-order valence-corrected chi connectivity index (χ3v) is 2.40. The van der Waals surface area contributed by atoms with E-state index in [-0.39, 0.29) is 5.69 Å². The van der Waals surface area contributed by atoms with Crippen molar-refractivity contribution in [3.05, 3.63) is 47.0 Å². The van der Waals surface area contributed by atoms with Crippen molar-refractivity contribution < 1.29 is 13.2 Å². The number of H-pyrrole nitrogens is 1. The predicted molar refractivity (Wildman–Crippen MR) is 57.0 cm³/mol. The Hall–Kier alpha value is -1.98. The predicted octanol–water partition coefficient (Wildman–Crippen LogP) is 2.75. The number of aromatic amines is 1. The molecular weight excluding hydrogens is 231 g/mol. The second-order valence-electron chi connectivity index (χ2n) is 3.63. The molecule has 0 amide bonds. The Kier molecular flexibility index (Phi) is 3.03. The van der Waals surface area contributed by atoms with Gasteiger partial charge in [0.15, 0.2) is 17.5 Å². The second kappa shape index (κ2) is 4.48. The van der Waals surface area contributed by atoms with Gasteiger partial charge in [-0.1, -0.05) is 0 Å². The summed E-state index contributed by atoms with van der Waals surface area (Å²) in [7, 11) is 0. The van der Waals surface area contributed by atoms with Crippen LogP contribution in [-0.2, 0) is 6.54 Å². The summed E-state index contributed by atoms with van der Waals surface area (Å²) in [5, 5.41) is 9.34. The van der Waals surface area contributed by atoms with Gasteiger partial charge in [-0.05, 0) is 6.92 Å². The first-order valence-electron chi connectivity index (χ1n) is 4.95. The summed E-state index contributed by atoms with van der Waals surface area (Å²) >= 11 is 0. The largest absolute Gasteiger partial charge is 0.381 e. The van der Waals surface area contributed by atoms with E-state index in [0.717, 1.165) is 23.4 Å². The summed E-state index contributed by atoms with van der Waals surface area (Å²) in [5.74, 6) is -3.89. The lowest BCUT2D eigenvalue weighted by Gasteiger charge is -2.06. The van der Waals surface area contributed by atoms with Crippen LogP contribution in [0.1, 0.15) is 11.3 Å². The topological polar surface area (TPSA) is 40.7 Å². The van der Waals surface area contributed by atoms with E-state index < -0.39 is 17.5 Å². The Morgan fingerprint density at radius 2 is 1.88 bits per heavy atom. The summed E-state index contributed by atoms with van der Waals surface area (Å²) in [6.45, 7) is 2.18. The van der Waals surface area contributed by atoms with Crippen LogP contribution in [0.3, 0.4) is 0 Å². The highest BCUT2D eigenvalue weighted by molar-refractivity contribution is 5.44. The van der Waals surface area contributed by atoms with Crippen molar-refractivity contribution in [1.82, 2.24) is 10.2 Å². The highest BCUT2D eigenvalue weighted by Gasteiger charge is 2.10. The first kappa shape index (κ1) is 11.5. The first-order chi connectivity index (χ1) is 8.08. The van der Waals surface area contributed by atoms with Gasteiger partial charge in [-0.25, -0.2) is 13.2 Å². The molecule has 0 radical (unpaired) electrons. The molecule has 17 heavy (non-hydrogen) atoms. The number of aromatic nitrogens is 2. The highest BCUT2D eigenvalue weighted by Crippen LogP contribution is 2.18. The van der Waals surface area contributed by atoms with Crippen LogP contribution < -0.4 is 5.32 Å². The summed E-state index contributed by atoms with van der Waals surface area (Å²) in [5.41, 5.74) is 1.91. The van der Waals surface area contributed by atoms with Gasteiger partial charge >= 0.3 is 0 Å². The zero-order chi connectivity index (χ0) is 12.4. The van der Waals surface area contributed by atoms with Crippen LogP contribution in [-0.4, -0.2) is 10.2 Å². The second-order valence-corrected chi connectivity index (χ2v) is 3.63. The number of anilines is 1. The number of nitrogens with zero attached hydrogens (tertiary/aromatic N) is 1.